The maximum Gasteiger partial charge on any atom is 0.274 e. The molecule has 2 aromatic heterocycles. The number of hydrogen-bond acceptors (Lipinski definition) is 4. The van der Waals surface area contributed by atoms with Crippen molar-refractivity contribution >= 4 is 11.8 Å². The van der Waals surface area contributed by atoms with Crippen LogP contribution < -0.4 is 0 Å². The summed E-state index contributed by atoms with van der Waals surface area (Å²) in [5.74, 6) is 0.597. The Bertz CT molecular complexity index is 879. The van der Waals surface area contributed by atoms with Gasteiger partial charge in [-0.3, -0.25) is 19.7 Å². The molecule has 7 nitrogen and oxygen atoms in total. The van der Waals surface area contributed by atoms with E-state index in [-0.39, 0.29) is 11.8 Å². The predicted molar refractivity (Wildman–Crippen MR) is 114 cm³/mol. The number of likely N-dealkylation sites (N-methyl/N-ethyl adjacent to an activating group) is 1. The fourth-order valence-corrected chi connectivity index (χ4v) is 4.60. The van der Waals surface area contributed by atoms with Crippen LogP contribution in [0.4, 0.5) is 0 Å². The monoisotopic (exact) mass is 409 g/mol. The maximum absolute atomic E-state index is 13.0. The SMILES string of the molecule is CN(CCc1ccccn1)C(=O)CCC1CCCN(C(=O)c2n[nH]c3c2CCC3)C1. The summed E-state index contributed by atoms with van der Waals surface area (Å²) in [7, 11) is 1.86. The number of hydrogen-bond donors (Lipinski definition) is 1. The first kappa shape index (κ1) is 20.6. The van der Waals surface area contributed by atoms with Gasteiger partial charge in [0.2, 0.25) is 5.91 Å². The van der Waals surface area contributed by atoms with Crippen LogP contribution in [0, 0.1) is 5.92 Å². The lowest BCUT2D eigenvalue weighted by Gasteiger charge is -2.32. The lowest BCUT2D eigenvalue weighted by molar-refractivity contribution is -0.130. The highest BCUT2D eigenvalue weighted by molar-refractivity contribution is 5.94. The van der Waals surface area contributed by atoms with Crippen LogP contribution in [0.1, 0.15) is 59.5 Å². The molecule has 0 saturated carbocycles. The van der Waals surface area contributed by atoms with Gasteiger partial charge < -0.3 is 9.80 Å². The summed E-state index contributed by atoms with van der Waals surface area (Å²) in [6.07, 6.45) is 9.02. The third kappa shape index (κ3) is 4.71. The van der Waals surface area contributed by atoms with Crippen molar-refractivity contribution in [1.29, 1.82) is 0 Å². The Morgan fingerprint density at radius 3 is 3.00 bits per heavy atom. The van der Waals surface area contributed by atoms with Gasteiger partial charge in [0.05, 0.1) is 0 Å². The summed E-state index contributed by atoms with van der Waals surface area (Å²) < 4.78 is 0. The van der Waals surface area contributed by atoms with Gasteiger partial charge in [-0.2, -0.15) is 5.10 Å². The number of fused-ring (bicyclic) bond motifs is 1. The number of amides is 2. The second-order valence-electron chi connectivity index (χ2n) is 8.57. The van der Waals surface area contributed by atoms with E-state index in [1.165, 1.54) is 0 Å². The molecule has 1 aliphatic heterocycles. The normalized spacial score (nSPS) is 18.3. The highest BCUT2D eigenvalue weighted by atomic mass is 16.2. The van der Waals surface area contributed by atoms with Gasteiger partial charge in [0, 0.05) is 62.7 Å². The maximum atomic E-state index is 13.0. The van der Waals surface area contributed by atoms with Gasteiger partial charge in [-0.25, -0.2) is 0 Å². The van der Waals surface area contributed by atoms with Crippen molar-refractivity contribution in [1.82, 2.24) is 25.0 Å². The summed E-state index contributed by atoms with van der Waals surface area (Å²) in [6.45, 7) is 2.19. The van der Waals surface area contributed by atoms with Crippen molar-refractivity contribution in [3.63, 3.8) is 0 Å². The van der Waals surface area contributed by atoms with E-state index in [0.717, 1.165) is 75.0 Å². The molecule has 30 heavy (non-hydrogen) atoms. The first-order valence-electron chi connectivity index (χ1n) is 11.1. The second-order valence-corrected chi connectivity index (χ2v) is 8.57. The van der Waals surface area contributed by atoms with Crippen LogP contribution >= 0.6 is 0 Å². The molecule has 1 N–H and O–H groups in total. The van der Waals surface area contributed by atoms with Crippen molar-refractivity contribution in [2.75, 3.05) is 26.7 Å². The molecule has 2 aliphatic rings. The molecule has 160 valence electrons. The summed E-state index contributed by atoms with van der Waals surface area (Å²) in [5, 5.41) is 7.34. The molecular weight excluding hydrogens is 378 g/mol. The van der Waals surface area contributed by atoms with E-state index in [9.17, 15) is 9.59 Å². The van der Waals surface area contributed by atoms with Gasteiger partial charge in [-0.1, -0.05) is 6.07 Å². The number of aromatic nitrogens is 3. The zero-order valence-electron chi connectivity index (χ0n) is 17.8. The highest BCUT2D eigenvalue weighted by Gasteiger charge is 2.30. The third-order valence-corrected chi connectivity index (χ3v) is 6.44. The zero-order valence-corrected chi connectivity index (χ0v) is 17.8. The summed E-state index contributed by atoms with van der Waals surface area (Å²) in [5.41, 5.74) is 3.87. The van der Waals surface area contributed by atoms with E-state index in [1.807, 2.05) is 30.1 Å². The number of nitrogens with one attached hydrogen (secondary N) is 1. The van der Waals surface area contributed by atoms with E-state index in [4.69, 9.17) is 0 Å². The van der Waals surface area contributed by atoms with Gasteiger partial charge in [-0.05, 0) is 56.6 Å². The lowest BCUT2D eigenvalue weighted by Crippen LogP contribution is -2.40. The van der Waals surface area contributed by atoms with Gasteiger partial charge in [0.1, 0.15) is 0 Å². The molecule has 0 aromatic carbocycles. The number of aryl methyl sites for hydroxylation is 1. The number of rotatable bonds is 7. The summed E-state index contributed by atoms with van der Waals surface area (Å²) in [6, 6.07) is 5.86. The molecule has 2 amide bonds. The number of likely N-dealkylation sites (tertiary alicyclic amines) is 1. The minimum atomic E-state index is 0.0536. The average molecular weight is 410 g/mol. The fourth-order valence-electron chi connectivity index (χ4n) is 4.60. The van der Waals surface area contributed by atoms with Gasteiger partial charge in [-0.15, -0.1) is 0 Å². The first-order valence-corrected chi connectivity index (χ1v) is 11.1. The number of piperidine rings is 1. The van der Waals surface area contributed by atoms with E-state index < -0.39 is 0 Å². The Morgan fingerprint density at radius 1 is 1.27 bits per heavy atom. The van der Waals surface area contributed by atoms with Crippen LogP contribution in [0.25, 0.3) is 0 Å². The van der Waals surface area contributed by atoms with Gasteiger partial charge in [0.15, 0.2) is 5.69 Å². The summed E-state index contributed by atoms with van der Waals surface area (Å²) >= 11 is 0. The van der Waals surface area contributed by atoms with Crippen LogP contribution in [-0.2, 0) is 24.1 Å². The fraction of sp³-hybridized carbons (Fsp3) is 0.565. The van der Waals surface area contributed by atoms with Crippen molar-refractivity contribution in [3.05, 3.63) is 47.0 Å². The van der Waals surface area contributed by atoms with Crippen molar-refractivity contribution in [2.24, 2.45) is 5.92 Å². The number of carbonyl (C=O) groups is 2. The number of aromatic amines is 1. The van der Waals surface area contributed by atoms with Crippen molar-refractivity contribution in [3.8, 4) is 0 Å². The molecule has 3 heterocycles. The quantitative estimate of drug-likeness (QED) is 0.762. The largest absolute Gasteiger partial charge is 0.345 e. The molecule has 1 unspecified atom stereocenters. The molecular formula is C23H31N5O2. The number of carbonyl (C=O) groups excluding carboxylic acids is 2. The molecule has 1 aliphatic carbocycles. The standard InChI is InChI=1S/C23H31N5O2/c1-27(15-12-18-7-2-3-13-24-18)21(29)11-10-17-6-5-14-28(16-17)23(30)22-19-8-4-9-20(19)25-26-22/h2-3,7,13,17H,4-6,8-12,14-16H2,1H3,(H,25,26). The zero-order chi connectivity index (χ0) is 20.9. The first-order chi connectivity index (χ1) is 14.6. The molecule has 0 bridgehead atoms. The second kappa shape index (κ2) is 9.41. The molecule has 0 spiro atoms. The molecule has 4 rings (SSSR count). The van der Waals surface area contributed by atoms with Gasteiger partial charge >= 0.3 is 0 Å². The minimum absolute atomic E-state index is 0.0536. The van der Waals surface area contributed by atoms with Crippen LogP contribution in [0.3, 0.4) is 0 Å². The van der Waals surface area contributed by atoms with Crippen LogP contribution in [0.5, 0.6) is 0 Å². The van der Waals surface area contributed by atoms with E-state index in [0.29, 0.717) is 24.6 Å². The number of H-pyrrole nitrogens is 1. The predicted octanol–water partition coefficient (Wildman–Crippen LogP) is 2.63. The molecule has 1 atom stereocenters. The van der Waals surface area contributed by atoms with E-state index >= 15 is 0 Å². The molecule has 1 fully saturated rings. The third-order valence-electron chi connectivity index (χ3n) is 6.44. The Kier molecular flexibility index (Phi) is 6.45. The van der Waals surface area contributed by atoms with Crippen LogP contribution in [0.2, 0.25) is 0 Å². The van der Waals surface area contributed by atoms with Crippen molar-refractivity contribution in [2.45, 2.75) is 51.4 Å². The molecule has 0 radical (unpaired) electrons. The topological polar surface area (TPSA) is 82.2 Å². The Labute approximate surface area is 177 Å². The number of pyridine rings is 1. The van der Waals surface area contributed by atoms with Crippen LogP contribution in [0.15, 0.2) is 24.4 Å². The number of nitrogens with zero attached hydrogens (tertiary/aromatic N) is 4. The van der Waals surface area contributed by atoms with Gasteiger partial charge in [0.25, 0.3) is 5.91 Å². The van der Waals surface area contributed by atoms with Crippen LogP contribution in [-0.4, -0.2) is 63.5 Å². The molecule has 2 aromatic rings. The Balaban J connectivity index is 1.24. The average Bonchev–Trinajstić information content (AvgIpc) is 3.40. The van der Waals surface area contributed by atoms with Crippen molar-refractivity contribution < 1.29 is 9.59 Å². The van der Waals surface area contributed by atoms with E-state index in [2.05, 4.69) is 15.2 Å². The summed E-state index contributed by atoms with van der Waals surface area (Å²) in [4.78, 5) is 33.6. The van der Waals surface area contributed by atoms with E-state index in [1.54, 1.807) is 11.1 Å². The lowest BCUT2D eigenvalue weighted by atomic mass is 9.92. The Morgan fingerprint density at radius 2 is 2.17 bits per heavy atom. The highest BCUT2D eigenvalue weighted by Crippen LogP contribution is 2.27. The molecule has 7 heteroatoms. The smallest absolute Gasteiger partial charge is 0.274 e. The Hall–Kier alpha value is -2.70. The molecule has 1 saturated heterocycles. The minimum Gasteiger partial charge on any atom is -0.345 e.